The highest BCUT2D eigenvalue weighted by molar-refractivity contribution is 5.76. The van der Waals surface area contributed by atoms with Crippen molar-refractivity contribution in [3.05, 3.63) is 105 Å². The van der Waals surface area contributed by atoms with E-state index in [-0.39, 0.29) is 11.0 Å². The van der Waals surface area contributed by atoms with Gasteiger partial charge in [0.1, 0.15) is 0 Å². The minimum absolute atomic E-state index is 0.120. The topological polar surface area (TPSA) is 39.3 Å². The summed E-state index contributed by atoms with van der Waals surface area (Å²) in [5.41, 5.74) is 7.53. The van der Waals surface area contributed by atoms with E-state index in [0.29, 0.717) is 5.69 Å². The summed E-state index contributed by atoms with van der Waals surface area (Å²) in [6.45, 7) is 13.0. The van der Waals surface area contributed by atoms with Crippen LogP contribution in [0, 0.1) is 12.3 Å². The number of benzene rings is 1. The van der Waals surface area contributed by atoms with E-state index in [1.165, 1.54) is 36.0 Å². The summed E-state index contributed by atoms with van der Waals surface area (Å²) in [7, 11) is 1.88. The van der Waals surface area contributed by atoms with E-state index >= 15 is 0 Å². The molecule has 0 aliphatic heterocycles. The quantitative estimate of drug-likeness (QED) is 0.302. The van der Waals surface area contributed by atoms with Gasteiger partial charge in [-0.2, -0.15) is 0 Å². The summed E-state index contributed by atoms with van der Waals surface area (Å²) in [4.78, 5) is 17.4. The fourth-order valence-electron chi connectivity index (χ4n) is 4.62. The van der Waals surface area contributed by atoms with Crippen molar-refractivity contribution >= 4 is 11.9 Å². The standard InChI is InChI=1S/C31H39N3O/c1-23(18-19-28-25(3)15-12-21-31(28,5)6)13-11-14-24(2)20-22-32-29-26(4)33(7)34(30(29)35)27-16-9-8-10-17-27/h8-11,13-14,16-20,22H,12,15,21H2,1-7H3. The lowest BCUT2D eigenvalue weighted by Crippen LogP contribution is -2.19. The highest BCUT2D eigenvalue weighted by Gasteiger charge is 2.26. The minimum atomic E-state index is -0.120. The molecule has 0 spiro atoms. The van der Waals surface area contributed by atoms with E-state index in [1.54, 1.807) is 10.9 Å². The van der Waals surface area contributed by atoms with E-state index in [2.05, 4.69) is 63.1 Å². The predicted molar refractivity (Wildman–Crippen MR) is 150 cm³/mol. The molecule has 4 nitrogen and oxygen atoms in total. The van der Waals surface area contributed by atoms with Crippen molar-refractivity contribution in [1.82, 2.24) is 9.36 Å². The molecule has 1 heterocycles. The molecule has 35 heavy (non-hydrogen) atoms. The second-order valence-electron chi connectivity index (χ2n) is 10.1. The Kier molecular flexibility index (Phi) is 8.50. The van der Waals surface area contributed by atoms with Crippen molar-refractivity contribution in [2.75, 3.05) is 0 Å². The van der Waals surface area contributed by atoms with Crippen LogP contribution < -0.4 is 5.56 Å². The average Bonchev–Trinajstić information content (AvgIpc) is 3.02. The van der Waals surface area contributed by atoms with Gasteiger partial charge in [0, 0.05) is 13.3 Å². The van der Waals surface area contributed by atoms with E-state index in [4.69, 9.17) is 0 Å². The lowest BCUT2D eigenvalue weighted by Gasteiger charge is -2.32. The Balaban J connectivity index is 1.69. The van der Waals surface area contributed by atoms with Crippen molar-refractivity contribution in [3.8, 4) is 5.69 Å². The summed E-state index contributed by atoms with van der Waals surface area (Å²) in [5.74, 6) is 0. The third-order valence-electron chi connectivity index (χ3n) is 6.84. The van der Waals surface area contributed by atoms with Gasteiger partial charge in [0.05, 0.1) is 11.4 Å². The number of para-hydroxylation sites is 1. The molecule has 4 heteroatoms. The number of nitrogens with zero attached hydrogens (tertiary/aromatic N) is 3. The average molecular weight is 470 g/mol. The van der Waals surface area contributed by atoms with Gasteiger partial charge in [-0.15, -0.1) is 0 Å². The number of allylic oxidation sites excluding steroid dienone is 10. The molecule has 1 aromatic heterocycles. The molecule has 0 atom stereocenters. The van der Waals surface area contributed by atoms with E-state index in [9.17, 15) is 4.79 Å². The van der Waals surface area contributed by atoms with E-state index in [1.807, 2.05) is 62.0 Å². The molecule has 2 aromatic rings. The molecule has 0 unspecified atom stereocenters. The van der Waals surface area contributed by atoms with Crippen molar-refractivity contribution < 1.29 is 0 Å². The van der Waals surface area contributed by atoms with Gasteiger partial charge in [-0.25, -0.2) is 9.67 Å². The van der Waals surface area contributed by atoms with Crippen LogP contribution in [-0.2, 0) is 7.05 Å². The number of hydrogen-bond acceptors (Lipinski definition) is 2. The largest absolute Gasteiger partial charge is 0.297 e. The summed E-state index contributed by atoms with van der Waals surface area (Å²) in [6.07, 6.45) is 18.1. The molecule has 1 aromatic carbocycles. The molecule has 0 saturated heterocycles. The van der Waals surface area contributed by atoms with Gasteiger partial charge in [0.15, 0.2) is 5.69 Å². The molecular weight excluding hydrogens is 430 g/mol. The number of hydrogen-bond donors (Lipinski definition) is 0. The smallest absolute Gasteiger partial charge is 0.283 e. The second kappa shape index (κ2) is 11.4. The van der Waals surface area contributed by atoms with Crippen LogP contribution in [0.15, 0.2) is 98.9 Å². The number of aromatic nitrogens is 2. The first-order chi connectivity index (χ1) is 16.6. The van der Waals surface area contributed by atoms with Crippen LogP contribution in [0.1, 0.15) is 59.6 Å². The Morgan fingerprint density at radius 1 is 1.03 bits per heavy atom. The molecule has 3 rings (SSSR count). The lowest BCUT2D eigenvalue weighted by molar-refractivity contribution is 0.377. The summed E-state index contributed by atoms with van der Waals surface area (Å²) in [5, 5.41) is 0. The van der Waals surface area contributed by atoms with Crippen molar-refractivity contribution in [3.63, 3.8) is 0 Å². The third-order valence-corrected chi connectivity index (χ3v) is 6.84. The van der Waals surface area contributed by atoms with E-state index < -0.39 is 0 Å². The SMILES string of the molecule is CC(C=CC1=C(C)CCCC1(C)C)=CC=CC(C)=CC=Nc1c(C)n(C)n(-c2ccccc2)c1=O. The van der Waals surface area contributed by atoms with Crippen LogP contribution in [0.2, 0.25) is 0 Å². The number of rotatable bonds is 7. The van der Waals surface area contributed by atoms with Crippen molar-refractivity contribution in [1.29, 1.82) is 0 Å². The highest BCUT2D eigenvalue weighted by Crippen LogP contribution is 2.40. The molecule has 0 bridgehead atoms. The minimum Gasteiger partial charge on any atom is -0.283 e. The Morgan fingerprint density at radius 2 is 1.71 bits per heavy atom. The Morgan fingerprint density at radius 3 is 2.40 bits per heavy atom. The van der Waals surface area contributed by atoms with Crippen LogP contribution in [0.4, 0.5) is 5.69 Å². The van der Waals surface area contributed by atoms with Gasteiger partial charge < -0.3 is 0 Å². The van der Waals surface area contributed by atoms with Crippen LogP contribution in [0.5, 0.6) is 0 Å². The maximum atomic E-state index is 12.9. The Hall–Kier alpha value is -3.40. The fraction of sp³-hybridized carbons (Fsp3) is 0.355. The maximum Gasteiger partial charge on any atom is 0.297 e. The Bertz CT molecular complexity index is 1290. The van der Waals surface area contributed by atoms with Gasteiger partial charge in [-0.1, -0.05) is 73.6 Å². The lowest BCUT2D eigenvalue weighted by atomic mass is 9.72. The summed E-state index contributed by atoms with van der Waals surface area (Å²) < 4.78 is 3.49. The van der Waals surface area contributed by atoms with Crippen LogP contribution in [0.3, 0.4) is 0 Å². The molecule has 0 saturated carbocycles. The zero-order chi connectivity index (χ0) is 25.6. The normalized spacial score (nSPS) is 17.5. The first kappa shape index (κ1) is 26.2. The first-order valence-electron chi connectivity index (χ1n) is 12.4. The van der Waals surface area contributed by atoms with Gasteiger partial charge in [-0.3, -0.25) is 9.48 Å². The fourth-order valence-corrected chi connectivity index (χ4v) is 4.62. The highest BCUT2D eigenvalue weighted by atomic mass is 16.1. The molecule has 0 amide bonds. The monoisotopic (exact) mass is 469 g/mol. The molecule has 0 N–H and O–H groups in total. The molecular formula is C31H39N3O. The molecule has 1 aliphatic rings. The molecule has 0 radical (unpaired) electrons. The summed E-state index contributed by atoms with van der Waals surface area (Å²) >= 11 is 0. The van der Waals surface area contributed by atoms with Crippen LogP contribution >= 0.6 is 0 Å². The number of aliphatic imine (C=N–C) groups is 1. The zero-order valence-electron chi connectivity index (χ0n) is 22.3. The zero-order valence-corrected chi connectivity index (χ0v) is 22.3. The first-order valence-corrected chi connectivity index (χ1v) is 12.4. The summed E-state index contributed by atoms with van der Waals surface area (Å²) in [6, 6.07) is 9.62. The van der Waals surface area contributed by atoms with E-state index in [0.717, 1.165) is 17.0 Å². The van der Waals surface area contributed by atoms with Gasteiger partial charge in [0.25, 0.3) is 5.56 Å². The van der Waals surface area contributed by atoms with Crippen LogP contribution in [-0.4, -0.2) is 15.6 Å². The van der Waals surface area contributed by atoms with Gasteiger partial charge in [-0.05, 0) is 81.7 Å². The molecule has 0 fully saturated rings. The van der Waals surface area contributed by atoms with Crippen LogP contribution in [0.25, 0.3) is 5.69 Å². The second-order valence-corrected chi connectivity index (χ2v) is 10.1. The van der Waals surface area contributed by atoms with Gasteiger partial charge in [0.2, 0.25) is 0 Å². The third kappa shape index (κ3) is 6.39. The Labute approximate surface area is 210 Å². The maximum absolute atomic E-state index is 12.9. The van der Waals surface area contributed by atoms with Gasteiger partial charge >= 0.3 is 0 Å². The molecule has 184 valence electrons. The van der Waals surface area contributed by atoms with Crippen molar-refractivity contribution in [2.24, 2.45) is 17.5 Å². The predicted octanol–water partition coefficient (Wildman–Crippen LogP) is 7.72. The molecule has 1 aliphatic carbocycles. The van der Waals surface area contributed by atoms with Crippen molar-refractivity contribution in [2.45, 2.75) is 60.8 Å².